The summed E-state index contributed by atoms with van der Waals surface area (Å²) in [7, 11) is 0. The number of piperazine rings is 1. The number of fused-ring (bicyclic) bond motifs is 1. The summed E-state index contributed by atoms with van der Waals surface area (Å²) in [4.78, 5) is 60.3. The van der Waals surface area contributed by atoms with Crippen LogP contribution in [0.1, 0.15) is 33.3 Å². The summed E-state index contributed by atoms with van der Waals surface area (Å²) in [6.07, 6.45) is 1.44. The fraction of sp³-hybridized carbons (Fsp3) is 0.231. The molecule has 10 nitrogen and oxygen atoms in total. The Morgan fingerprint density at radius 2 is 1.78 bits per heavy atom. The number of H-pyrrole nitrogens is 2. The molecule has 1 saturated heterocycles. The van der Waals surface area contributed by atoms with Gasteiger partial charge in [0.05, 0.1) is 22.5 Å². The van der Waals surface area contributed by atoms with E-state index in [-0.39, 0.29) is 29.9 Å². The first-order valence-corrected chi connectivity index (χ1v) is 11.6. The standard InChI is InChI=1S/C26H25N5O5/c1-15-14-29(24(34)17-7-4-3-5-8-17)11-12-30(15)25(35)22(32)19-13-27-21-18(19)9-6-10-20(21)31-23(33)16(2)28-26(31)36/h3-10,13,15,27,33H,11-12,14H2,1-2H3,(H,28,36). The lowest BCUT2D eigenvalue weighted by molar-refractivity contribution is -0.130. The number of carbonyl (C=O) groups is 3. The number of para-hydroxylation sites is 1. The Balaban J connectivity index is 1.38. The van der Waals surface area contributed by atoms with Crippen molar-refractivity contribution in [2.45, 2.75) is 19.9 Å². The van der Waals surface area contributed by atoms with Crippen LogP contribution in [-0.4, -0.2) is 72.7 Å². The molecule has 0 radical (unpaired) electrons. The van der Waals surface area contributed by atoms with Crippen LogP contribution < -0.4 is 5.69 Å². The van der Waals surface area contributed by atoms with Gasteiger partial charge in [-0.05, 0) is 32.0 Å². The van der Waals surface area contributed by atoms with Crippen LogP contribution >= 0.6 is 0 Å². The number of benzene rings is 2. The number of aromatic nitrogens is 3. The minimum atomic E-state index is -0.685. The van der Waals surface area contributed by atoms with E-state index >= 15 is 0 Å². The first-order valence-electron chi connectivity index (χ1n) is 11.6. The number of nitrogens with one attached hydrogen (secondary N) is 2. The molecular weight excluding hydrogens is 462 g/mol. The highest BCUT2D eigenvalue weighted by Gasteiger charge is 2.34. The average Bonchev–Trinajstić information content (AvgIpc) is 3.43. The summed E-state index contributed by atoms with van der Waals surface area (Å²) in [5.74, 6) is -1.68. The molecule has 3 heterocycles. The van der Waals surface area contributed by atoms with Crippen LogP contribution in [0.4, 0.5) is 0 Å². The van der Waals surface area contributed by atoms with Crippen molar-refractivity contribution in [2.75, 3.05) is 19.6 Å². The summed E-state index contributed by atoms with van der Waals surface area (Å²) in [6.45, 7) is 4.27. The first-order chi connectivity index (χ1) is 17.3. The maximum atomic E-state index is 13.3. The molecule has 1 unspecified atom stereocenters. The maximum absolute atomic E-state index is 13.3. The van der Waals surface area contributed by atoms with Gasteiger partial charge in [0.1, 0.15) is 0 Å². The van der Waals surface area contributed by atoms with Crippen LogP contribution in [0.15, 0.2) is 59.5 Å². The monoisotopic (exact) mass is 487 g/mol. The highest BCUT2D eigenvalue weighted by molar-refractivity contribution is 6.45. The minimum absolute atomic E-state index is 0.108. The highest BCUT2D eigenvalue weighted by atomic mass is 16.3. The second-order valence-electron chi connectivity index (χ2n) is 8.91. The van der Waals surface area contributed by atoms with Crippen molar-refractivity contribution >= 4 is 28.5 Å². The van der Waals surface area contributed by atoms with Crippen LogP contribution in [0.2, 0.25) is 0 Å². The lowest BCUT2D eigenvalue weighted by Crippen LogP contribution is -2.56. The van der Waals surface area contributed by atoms with Crippen LogP contribution in [0, 0.1) is 6.92 Å². The van der Waals surface area contributed by atoms with Gasteiger partial charge in [0, 0.05) is 42.8 Å². The molecule has 3 N–H and O–H groups in total. The van der Waals surface area contributed by atoms with Crippen molar-refractivity contribution in [2.24, 2.45) is 0 Å². The van der Waals surface area contributed by atoms with Crippen LogP contribution in [0.5, 0.6) is 5.88 Å². The molecule has 1 fully saturated rings. The molecule has 0 spiro atoms. The summed E-state index contributed by atoms with van der Waals surface area (Å²) in [6, 6.07) is 13.6. The van der Waals surface area contributed by atoms with Gasteiger partial charge in [-0.1, -0.05) is 30.3 Å². The predicted molar refractivity (Wildman–Crippen MR) is 132 cm³/mol. The van der Waals surface area contributed by atoms with Crippen molar-refractivity contribution < 1.29 is 19.5 Å². The molecule has 0 aliphatic carbocycles. The smallest absolute Gasteiger partial charge is 0.333 e. The van der Waals surface area contributed by atoms with E-state index in [2.05, 4.69) is 9.97 Å². The molecule has 2 aromatic heterocycles. The average molecular weight is 488 g/mol. The Morgan fingerprint density at radius 3 is 2.44 bits per heavy atom. The minimum Gasteiger partial charge on any atom is -0.493 e. The number of Topliss-reactive ketones (excluding diaryl/α,β-unsaturated/α-hetero) is 1. The Morgan fingerprint density at radius 1 is 1.03 bits per heavy atom. The van der Waals surface area contributed by atoms with E-state index in [1.54, 1.807) is 54.3 Å². The Bertz CT molecular complexity index is 1550. The van der Waals surface area contributed by atoms with Gasteiger partial charge in [0.15, 0.2) is 0 Å². The van der Waals surface area contributed by atoms with Gasteiger partial charge in [-0.25, -0.2) is 9.36 Å². The zero-order valence-corrected chi connectivity index (χ0v) is 19.8. The van der Waals surface area contributed by atoms with Crippen molar-refractivity contribution in [3.63, 3.8) is 0 Å². The second kappa shape index (κ2) is 8.88. The fourth-order valence-electron chi connectivity index (χ4n) is 4.72. The lowest BCUT2D eigenvalue weighted by Gasteiger charge is -2.39. The highest BCUT2D eigenvalue weighted by Crippen LogP contribution is 2.28. The van der Waals surface area contributed by atoms with E-state index in [0.717, 1.165) is 4.57 Å². The van der Waals surface area contributed by atoms with Crippen molar-refractivity contribution in [3.8, 4) is 11.6 Å². The van der Waals surface area contributed by atoms with Crippen LogP contribution in [0.3, 0.4) is 0 Å². The fourth-order valence-corrected chi connectivity index (χ4v) is 4.72. The van der Waals surface area contributed by atoms with Crippen LogP contribution in [0.25, 0.3) is 16.6 Å². The zero-order chi connectivity index (χ0) is 25.6. The molecule has 1 atom stereocenters. The molecule has 184 valence electrons. The molecule has 0 bridgehead atoms. The topological polar surface area (TPSA) is 131 Å². The number of aromatic hydroxyl groups is 1. The predicted octanol–water partition coefficient (Wildman–Crippen LogP) is 2.22. The maximum Gasteiger partial charge on any atom is 0.333 e. The number of rotatable bonds is 4. The summed E-state index contributed by atoms with van der Waals surface area (Å²) in [5.41, 5.74) is 1.34. The number of nitrogens with zero attached hydrogens (tertiary/aromatic N) is 3. The third-order valence-corrected chi connectivity index (χ3v) is 6.61. The Labute approximate surface area is 205 Å². The van der Waals surface area contributed by atoms with Gasteiger partial charge in [0.25, 0.3) is 17.6 Å². The van der Waals surface area contributed by atoms with Gasteiger partial charge >= 0.3 is 5.69 Å². The molecule has 2 aromatic carbocycles. The number of hydrogen-bond donors (Lipinski definition) is 3. The van der Waals surface area contributed by atoms with Gasteiger partial charge in [-0.3, -0.25) is 14.4 Å². The molecule has 36 heavy (non-hydrogen) atoms. The molecule has 4 aromatic rings. The molecule has 0 saturated carbocycles. The second-order valence-corrected chi connectivity index (χ2v) is 8.91. The van der Waals surface area contributed by atoms with Gasteiger partial charge < -0.3 is 24.9 Å². The number of imidazole rings is 1. The first kappa shape index (κ1) is 23.2. The molecule has 10 heteroatoms. The van der Waals surface area contributed by atoms with E-state index in [4.69, 9.17) is 0 Å². The number of carbonyl (C=O) groups excluding carboxylic acids is 3. The largest absolute Gasteiger partial charge is 0.493 e. The van der Waals surface area contributed by atoms with Gasteiger partial charge in [-0.15, -0.1) is 0 Å². The molecule has 2 amide bonds. The number of hydrogen-bond acceptors (Lipinski definition) is 5. The van der Waals surface area contributed by atoms with Crippen LogP contribution in [-0.2, 0) is 4.79 Å². The Kier molecular flexibility index (Phi) is 5.71. The third kappa shape index (κ3) is 3.76. The zero-order valence-electron chi connectivity index (χ0n) is 19.8. The molecular formula is C26H25N5O5. The van der Waals surface area contributed by atoms with Crippen molar-refractivity contribution in [1.82, 2.24) is 24.3 Å². The molecule has 1 aliphatic rings. The quantitative estimate of drug-likeness (QED) is 0.300. The van der Waals surface area contributed by atoms with Gasteiger partial charge in [-0.2, -0.15) is 0 Å². The Hall–Kier alpha value is -4.60. The third-order valence-electron chi connectivity index (χ3n) is 6.61. The summed E-state index contributed by atoms with van der Waals surface area (Å²) < 4.78 is 1.11. The normalized spacial score (nSPS) is 15.9. The summed E-state index contributed by atoms with van der Waals surface area (Å²) >= 11 is 0. The van der Waals surface area contributed by atoms with Crippen molar-refractivity contribution in [3.05, 3.63) is 82.0 Å². The van der Waals surface area contributed by atoms with E-state index < -0.39 is 17.4 Å². The van der Waals surface area contributed by atoms with E-state index in [1.807, 2.05) is 13.0 Å². The van der Waals surface area contributed by atoms with E-state index in [9.17, 15) is 24.3 Å². The lowest BCUT2D eigenvalue weighted by atomic mass is 10.1. The molecule has 5 rings (SSSR count). The van der Waals surface area contributed by atoms with Crippen molar-refractivity contribution in [1.29, 1.82) is 0 Å². The van der Waals surface area contributed by atoms with E-state index in [1.165, 1.54) is 11.1 Å². The van der Waals surface area contributed by atoms with E-state index in [0.29, 0.717) is 40.9 Å². The number of ketones is 1. The number of amides is 2. The summed E-state index contributed by atoms with van der Waals surface area (Å²) in [5, 5.41) is 10.8. The SMILES string of the molecule is Cc1[nH]c(=O)n(-c2cccc3c(C(=O)C(=O)N4CCN(C(=O)c5ccccc5)CC4C)c[nH]c23)c1O. The number of aromatic amines is 2. The van der Waals surface area contributed by atoms with Gasteiger partial charge in [0.2, 0.25) is 5.88 Å². The molecule has 1 aliphatic heterocycles. The number of aryl methyl sites for hydroxylation is 1.